The van der Waals surface area contributed by atoms with Crippen LogP contribution in [0.25, 0.3) is 0 Å². The molecule has 1 aromatic rings. The summed E-state index contributed by atoms with van der Waals surface area (Å²) in [6.07, 6.45) is 1.50. The van der Waals surface area contributed by atoms with Crippen LogP contribution in [0.2, 0.25) is 0 Å². The molecule has 0 radical (unpaired) electrons. The second-order valence-electron chi connectivity index (χ2n) is 3.21. The monoisotopic (exact) mass is 247 g/mol. The molecule has 0 aliphatic rings. The Morgan fingerprint density at radius 3 is 2.69 bits per heavy atom. The molecule has 0 aliphatic heterocycles. The summed E-state index contributed by atoms with van der Waals surface area (Å²) in [6.45, 7) is 1.59. The number of carbonyl (C=O) groups is 1. The van der Waals surface area contributed by atoms with Crippen molar-refractivity contribution in [2.75, 3.05) is 0 Å². The number of aliphatic carboxylic acids is 1. The molecule has 1 atom stereocenters. The van der Waals surface area contributed by atoms with Crippen LogP contribution in [-0.4, -0.2) is 35.3 Å². The van der Waals surface area contributed by atoms with E-state index in [1.807, 2.05) is 0 Å². The fourth-order valence-corrected chi connectivity index (χ4v) is 2.58. The van der Waals surface area contributed by atoms with Gasteiger partial charge in [-0.3, -0.25) is 9.48 Å². The molecule has 8 heteroatoms. The van der Waals surface area contributed by atoms with Crippen molar-refractivity contribution in [2.24, 2.45) is 7.05 Å². The molecule has 16 heavy (non-hydrogen) atoms. The molecule has 2 N–H and O–H groups in total. The first-order chi connectivity index (χ1) is 7.38. The lowest BCUT2D eigenvalue weighted by Crippen LogP contribution is -2.40. The zero-order chi connectivity index (χ0) is 12.3. The van der Waals surface area contributed by atoms with Crippen LogP contribution in [0, 0.1) is 0 Å². The van der Waals surface area contributed by atoms with Gasteiger partial charge in [0.1, 0.15) is 6.04 Å². The van der Waals surface area contributed by atoms with Gasteiger partial charge in [0.05, 0.1) is 6.20 Å². The number of sulfonamides is 1. The Bertz CT molecular complexity index is 479. The lowest BCUT2D eigenvalue weighted by Gasteiger charge is -2.12. The van der Waals surface area contributed by atoms with E-state index in [2.05, 4.69) is 9.82 Å². The maximum Gasteiger partial charge on any atom is 0.321 e. The third-order valence-corrected chi connectivity index (χ3v) is 3.60. The molecule has 90 valence electrons. The summed E-state index contributed by atoms with van der Waals surface area (Å²) in [7, 11) is -2.37. The highest BCUT2D eigenvalue weighted by Crippen LogP contribution is 2.07. The van der Waals surface area contributed by atoms with Gasteiger partial charge >= 0.3 is 5.97 Å². The van der Waals surface area contributed by atoms with Crippen molar-refractivity contribution in [3.05, 3.63) is 12.3 Å². The third-order valence-electron chi connectivity index (χ3n) is 2.06. The number of hydrogen-bond donors (Lipinski definition) is 2. The average Bonchev–Trinajstić information content (AvgIpc) is 2.61. The number of carboxylic acid groups (broad SMARTS) is 1. The Hall–Kier alpha value is -1.41. The first kappa shape index (κ1) is 12.7. The van der Waals surface area contributed by atoms with Gasteiger partial charge in [-0.1, -0.05) is 6.92 Å². The van der Waals surface area contributed by atoms with Crippen molar-refractivity contribution in [3.63, 3.8) is 0 Å². The second-order valence-corrected chi connectivity index (χ2v) is 4.87. The van der Waals surface area contributed by atoms with E-state index in [-0.39, 0.29) is 11.4 Å². The minimum Gasteiger partial charge on any atom is -0.480 e. The van der Waals surface area contributed by atoms with E-state index < -0.39 is 22.0 Å². The van der Waals surface area contributed by atoms with Crippen LogP contribution in [-0.2, 0) is 21.9 Å². The summed E-state index contributed by atoms with van der Waals surface area (Å²) in [5.74, 6) is -1.20. The zero-order valence-electron chi connectivity index (χ0n) is 8.91. The standard InChI is InChI=1S/C8H13N3O4S/c1-3-6(8(12)13)10-16(14,15)7-4-5-9-11(7)2/h4-6,10H,3H2,1-2H3,(H,12,13)/t6-/m1/s1. The molecule has 0 amide bonds. The Labute approximate surface area is 93.1 Å². The number of nitrogens with zero attached hydrogens (tertiary/aromatic N) is 2. The molecular formula is C8H13N3O4S. The predicted octanol–water partition coefficient (Wildman–Crippen LogP) is -0.438. The molecule has 0 saturated heterocycles. The van der Waals surface area contributed by atoms with Crippen LogP contribution < -0.4 is 4.72 Å². The van der Waals surface area contributed by atoms with Crippen molar-refractivity contribution in [1.82, 2.24) is 14.5 Å². The third kappa shape index (κ3) is 2.58. The van der Waals surface area contributed by atoms with Gasteiger partial charge in [0.25, 0.3) is 10.0 Å². The minimum atomic E-state index is -3.83. The van der Waals surface area contributed by atoms with Crippen molar-refractivity contribution in [2.45, 2.75) is 24.4 Å². The number of aromatic nitrogens is 2. The molecule has 0 fully saturated rings. The molecular weight excluding hydrogens is 234 g/mol. The van der Waals surface area contributed by atoms with Gasteiger partial charge < -0.3 is 5.11 Å². The van der Waals surface area contributed by atoms with Gasteiger partial charge in [-0.15, -0.1) is 0 Å². The summed E-state index contributed by atoms with van der Waals surface area (Å²) < 4.78 is 26.8. The molecule has 0 spiro atoms. The largest absolute Gasteiger partial charge is 0.480 e. The molecule has 1 rings (SSSR count). The van der Waals surface area contributed by atoms with E-state index >= 15 is 0 Å². The Morgan fingerprint density at radius 1 is 1.69 bits per heavy atom. The van der Waals surface area contributed by atoms with E-state index in [9.17, 15) is 13.2 Å². The topological polar surface area (TPSA) is 101 Å². The summed E-state index contributed by atoms with van der Waals surface area (Å²) in [5, 5.41) is 12.4. The van der Waals surface area contributed by atoms with Crippen molar-refractivity contribution >= 4 is 16.0 Å². The smallest absolute Gasteiger partial charge is 0.321 e. The molecule has 0 saturated carbocycles. The summed E-state index contributed by atoms with van der Waals surface area (Å²) in [5.41, 5.74) is 0. The van der Waals surface area contributed by atoms with Crippen LogP contribution in [0.4, 0.5) is 0 Å². The number of nitrogens with one attached hydrogen (secondary N) is 1. The number of carboxylic acids is 1. The summed E-state index contributed by atoms with van der Waals surface area (Å²) >= 11 is 0. The van der Waals surface area contributed by atoms with Gasteiger partial charge in [-0.25, -0.2) is 8.42 Å². The molecule has 0 aromatic carbocycles. The highest BCUT2D eigenvalue weighted by Gasteiger charge is 2.25. The lowest BCUT2D eigenvalue weighted by atomic mass is 10.2. The van der Waals surface area contributed by atoms with Crippen LogP contribution in [0.1, 0.15) is 13.3 Å². The van der Waals surface area contributed by atoms with Gasteiger partial charge in [-0.05, 0) is 12.5 Å². The average molecular weight is 247 g/mol. The highest BCUT2D eigenvalue weighted by atomic mass is 32.2. The Balaban J connectivity index is 2.97. The first-order valence-corrected chi connectivity index (χ1v) is 6.10. The molecule has 7 nitrogen and oxygen atoms in total. The quantitative estimate of drug-likeness (QED) is 0.734. The van der Waals surface area contributed by atoms with E-state index in [1.54, 1.807) is 6.92 Å². The molecule has 0 bridgehead atoms. The van der Waals surface area contributed by atoms with Crippen molar-refractivity contribution < 1.29 is 18.3 Å². The van der Waals surface area contributed by atoms with Gasteiger partial charge in [0.2, 0.25) is 0 Å². The molecule has 0 unspecified atom stereocenters. The van der Waals surface area contributed by atoms with Crippen LogP contribution in [0.5, 0.6) is 0 Å². The van der Waals surface area contributed by atoms with Crippen LogP contribution in [0.15, 0.2) is 17.3 Å². The second kappa shape index (κ2) is 4.62. The number of aryl methyl sites for hydroxylation is 1. The fraction of sp³-hybridized carbons (Fsp3) is 0.500. The Morgan fingerprint density at radius 2 is 2.31 bits per heavy atom. The SMILES string of the molecule is CC[C@@H](NS(=O)(=O)c1ccnn1C)C(=O)O. The predicted molar refractivity (Wildman–Crippen MR) is 55.2 cm³/mol. The zero-order valence-corrected chi connectivity index (χ0v) is 9.73. The lowest BCUT2D eigenvalue weighted by molar-refractivity contribution is -0.139. The van der Waals surface area contributed by atoms with Gasteiger partial charge in [-0.2, -0.15) is 9.82 Å². The van der Waals surface area contributed by atoms with Crippen LogP contribution in [0.3, 0.4) is 0 Å². The number of rotatable bonds is 5. The van der Waals surface area contributed by atoms with E-state index in [4.69, 9.17) is 5.11 Å². The van der Waals surface area contributed by atoms with Crippen molar-refractivity contribution in [3.8, 4) is 0 Å². The molecule has 1 aromatic heterocycles. The maximum atomic E-state index is 11.8. The van der Waals surface area contributed by atoms with E-state index in [0.29, 0.717) is 0 Å². The highest BCUT2D eigenvalue weighted by molar-refractivity contribution is 7.89. The summed E-state index contributed by atoms with van der Waals surface area (Å²) in [4.78, 5) is 10.7. The van der Waals surface area contributed by atoms with E-state index in [1.165, 1.54) is 19.3 Å². The molecule has 0 aliphatic carbocycles. The molecule has 1 heterocycles. The number of hydrogen-bond acceptors (Lipinski definition) is 4. The van der Waals surface area contributed by atoms with Gasteiger partial charge in [0, 0.05) is 7.05 Å². The van der Waals surface area contributed by atoms with Gasteiger partial charge in [0.15, 0.2) is 5.03 Å². The maximum absolute atomic E-state index is 11.8. The van der Waals surface area contributed by atoms with Crippen LogP contribution >= 0.6 is 0 Å². The normalized spacial score (nSPS) is 13.6. The van der Waals surface area contributed by atoms with Crippen molar-refractivity contribution in [1.29, 1.82) is 0 Å². The first-order valence-electron chi connectivity index (χ1n) is 4.61. The minimum absolute atomic E-state index is 0.0628. The fourth-order valence-electron chi connectivity index (χ4n) is 1.18. The Kier molecular flexibility index (Phi) is 3.66. The summed E-state index contributed by atoms with van der Waals surface area (Å²) in [6, 6.07) is 0.177. The van der Waals surface area contributed by atoms with E-state index in [0.717, 1.165) is 4.68 Å².